The van der Waals surface area contributed by atoms with Crippen LogP contribution in [0.25, 0.3) is 10.8 Å². The summed E-state index contributed by atoms with van der Waals surface area (Å²) in [6.07, 6.45) is 1.37. The highest BCUT2D eigenvalue weighted by molar-refractivity contribution is 5.87. The van der Waals surface area contributed by atoms with Crippen LogP contribution in [0.5, 0.6) is 0 Å². The fourth-order valence-corrected chi connectivity index (χ4v) is 3.45. The molecule has 0 spiro atoms. The van der Waals surface area contributed by atoms with Crippen molar-refractivity contribution in [1.82, 2.24) is 4.90 Å². The Morgan fingerprint density at radius 2 is 2.05 bits per heavy atom. The number of fused-ring (bicyclic) bond motifs is 3. The first-order valence-electron chi connectivity index (χ1n) is 8.27. The molecule has 0 aromatic heterocycles. The summed E-state index contributed by atoms with van der Waals surface area (Å²) in [5.74, 6) is 0. The number of hydrogen-bond acceptors (Lipinski definition) is 3. The van der Waals surface area contributed by atoms with E-state index in [4.69, 9.17) is 10.5 Å². The van der Waals surface area contributed by atoms with Crippen LogP contribution in [0, 0.1) is 0 Å². The topological polar surface area (TPSA) is 38.5 Å². The Morgan fingerprint density at radius 3 is 2.82 bits per heavy atom. The monoisotopic (exact) mass is 298 g/mol. The fraction of sp³-hybridized carbons (Fsp3) is 0.474. The minimum absolute atomic E-state index is 0.310. The lowest BCUT2D eigenvalue weighted by Gasteiger charge is -2.23. The van der Waals surface area contributed by atoms with E-state index in [2.05, 4.69) is 55.1 Å². The molecule has 22 heavy (non-hydrogen) atoms. The fourth-order valence-electron chi connectivity index (χ4n) is 3.45. The molecule has 0 bridgehead atoms. The molecule has 1 aliphatic heterocycles. The lowest BCUT2D eigenvalue weighted by atomic mass is 9.98. The van der Waals surface area contributed by atoms with E-state index in [1.165, 1.54) is 21.9 Å². The van der Waals surface area contributed by atoms with Gasteiger partial charge in [-0.3, -0.25) is 4.90 Å². The standard InChI is InChI=1S/C19H26N2O/c1-14(2)22-11-5-10-21-13-18-16-7-4-3-6-15(16)8-9-17(18)19(21)12-20/h3-4,6-9,14,19H,5,10-13,20H2,1-2H3. The number of rotatable bonds is 6. The Hall–Kier alpha value is -1.42. The zero-order valence-corrected chi connectivity index (χ0v) is 13.6. The normalized spacial score (nSPS) is 18.3. The number of nitrogens with zero attached hydrogens (tertiary/aromatic N) is 1. The van der Waals surface area contributed by atoms with E-state index in [0.29, 0.717) is 18.7 Å². The zero-order chi connectivity index (χ0) is 15.5. The van der Waals surface area contributed by atoms with Crippen LogP contribution in [-0.2, 0) is 11.3 Å². The summed E-state index contributed by atoms with van der Waals surface area (Å²) in [7, 11) is 0. The smallest absolute Gasteiger partial charge is 0.0518 e. The lowest BCUT2D eigenvalue weighted by Crippen LogP contribution is -2.29. The van der Waals surface area contributed by atoms with Gasteiger partial charge in [-0.15, -0.1) is 0 Å². The van der Waals surface area contributed by atoms with E-state index >= 15 is 0 Å². The summed E-state index contributed by atoms with van der Waals surface area (Å²) in [5, 5.41) is 2.70. The maximum atomic E-state index is 6.06. The van der Waals surface area contributed by atoms with Gasteiger partial charge in [-0.05, 0) is 42.2 Å². The molecule has 0 fully saturated rings. The van der Waals surface area contributed by atoms with Gasteiger partial charge in [0.15, 0.2) is 0 Å². The van der Waals surface area contributed by atoms with E-state index in [0.717, 1.165) is 26.1 Å². The predicted molar refractivity (Wildman–Crippen MR) is 91.9 cm³/mol. The van der Waals surface area contributed by atoms with Gasteiger partial charge in [-0.25, -0.2) is 0 Å². The molecule has 0 aliphatic carbocycles. The number of hydrogen-bond donors (Lipinski definition) is 1. The van der Waals surface area contributed by atoms with Gasteiger partial charge >= 0.3 is 0 Å². The van der Waals surface area contributed by atoms with E-state index in [9.17, 15) is 0 Å². The van der Waals surface area contributed by atoms with Crippen molar-refractivity contribution >= 4 is 10.8 Å². The first-order valence-corrected chi connectivity index (χ1v) is 8.27. The molecule has 118 valence electrons. The summed E-state index contributed by atoms with van der Waals surface area (Å²) in [5.41, 5.74) is 8.93. The molecule has 0 saturated heterocycles. The van der Waals surface area contributed by atoms with Crippen LogP contribution in [0.4, 0.5) is 0 Å². The average Bonchev–Trinajstić information content (AvgIpc) is 2.89. The lowest BCUT2D eigenvalue weighted by molar-refractivity contribution is 0.0675. The van der Waals surface area contributed by atoms with Gasteiger partial charge in [0, 0.05) is 32.3 Å². The van der Waals surface area contributed by atoms with Crippen LogP contribution in [0.2, 0.25) is 0 Å². The van der Waals surface area contributed by atoms with Gasteiger partial charge in [0.05, 0.1) is 6.10 Å². The summed E-state index contributed by atoms with van der Waals surface area (Å²) >= 11 is 0. The van der Waals surface area contributed by atoms with E-state index in [1.54, 1.807) is 0 Å². The van der Waals surface area contributed by atoms with E-state index in [-0.39, 0.29) is 0 Å². The predicted octanol–water partition coefficient (Wildman–Crippen LogP) is 3.47. The van der Waals surface area contributed by atoms with Crippen LogP contribution in [0.1, 0.15) is 37.4 Å². The van der Waals surface area contributed by atoms with Crippen molar-refractivity contribution in [1.29, 1.82) is 0 Å². The van der Waals surface area contributed by atoms with Crippen molar-refractivity contribution in [3.63, 3.8) is 0 Å². The van der Waals surface area contributed by atoms with Crippen molar-refractivity contribution in [3.8, 4) is 0 Å². The van der Waals surface area contributed by atoms with E-state index in [1.807, 2.05) is 0 Å². The second-order valence-electron chi connectivity index (χ2n) is 6.35. The molecular formula is C19H26N2O. The third-order valence-corrected chi connectivity index (χ3v) is 4.50. The summed E-state index contributed by atoms with van der Waals surface area (Å²) in [4.78, 5) is 2.50. The van der Waals surface area contributed by atoms with Gasteiger partial charge in [0.1, 0.15) is 0 Å². The maximum absolute atomic E-state index is 6.06. The van der Waals surface area contributed by atoms with Crippen LogP contribution < -0.4 is 5.73 Å². The highest BCUT2D eigenvalue weighted by Gasteiger charge is 2.29. The number of nitrogens with two attached hydrogens (primary N) is 1. The summed E-state index contributed by atoms with van der Waals surface area (Å²) in [6.45, 7) is 7.71. The summed E-state index contributed by atoms with van der Waals surface area (Å²) < 4.78 is 5.66. The van der Waals surface area contributed by atoms with Crippen molar-refractivity contribution in [2.45, 2.75) is 39.0 Å². The maximum Gasteiger partial charge on any atom is 0.0518 e. The second-order valence-corrected chi connectivity index (χ2v) is 6.35. The van der Waals surface area contributed by atoms with Crippen LogP contribution in [0.3, 0.4) is 0 Å². The van der Waals surface area contributed by atoms with Crippen LogP contribution >= 0.6 is 0 Å². The van der Waals surface area contributed by atoms with Gasteiger partial charge < -0.3 is 10.5 Å². The van der Waals surface area contributed by atoms with Gasteiger partial charge in [0.25, 0.3) is 0 Å². The molecule has 0 amide bonds. The average molecular weight is 298 g/mol. The molecule has 3 rings (SSSR count). The van der Waals surface area contributed by atoms with Crippen molar-refractivity contribution in [2.75, 3.05) is 19.7 Å². The molecule has 1 aliphatic rings. The highest BCUT2D eigenvalue weighted by Crippen LogP contribution is 2.37. The molecule has 0 radical (unpaired) electrons. The number of ether oxygens (including phenoxy) is 1. The molecule has 2 aromatic carbocycles. The Labute approximate surface area is 133 Å². The molecule has 1 unspecified atom stereocenters. The molecule has 1 atom stereocenters. The van der Waals surface area contributed by atoms with Crippen molar-refractivity contribution in [3.05, 3.63) is 47.5 Å². The van der Waals surface area contributed by atoms with Gasteiger partial charge in [0.2, 0.25) is 0 Å². The Kier molecular flexibility index (Phi) is 4.77. The minimum Gasteiger partial charge on any atom is -0.379 e. The van der Waals surface area contributed by atoms with Crippen LogP contribution in [0.15, 0.2) is 36.4 Å². The molecule has 3 heteroatoms. The largest absolute Gasteiger partial charge is 0.379 e. The summed E-state index contributed by atoms with van der Waals surface area (Å²) in [6, 6.07) is 13.5. The molecular weight excluding hydrogens is 272 g/mol. The molecule has 2 aromatic rings. The Balaban J connectivity index is 1.77. The number of benzene rings is 2. The molecule has 1 heterocycles. The first kappa shape index (κ1) is 15.5. The Morgan fingerprint density at radius 1 is 1.23 bits per heavy atom. The van der Waals surface area contributed by atoms with E-state index < -0.39 is 0 Å². The van der Waals surface area contributed by atoms with Crippen molar-refractivity contribution < 1.29 is 4.74 Å². The Bertz CT molecular complexity index is 638. The highest BCUT2D eigenvalue weighted by atomic mass is 16.5. The second kappa shape index (κ2) is 6.78. The molecule has 3 nitrogen and oxygen atoms in total. The molecule has 0 saturated carbocycles. The third kappa shape index (κ3) is 3.02. The van der Waals surface area contributed by atoms with Crippen molar-refractivity contribution in [2.24, 2.45) is 5.73 Å². The first-order chi connectivity index (χ1) is 10.7. The quantitative estimate of drug-likeness (QED) is 0.830. The molecule has 2 N–H and O–H groups in total. The third-order valence-electron chi connectivity index (χ3n) is 4.50. The van der Waals surface area contributed by atoms with Gasteiger partial charge in [-0.2, -0.15) is 0 Å². The SMILES string of the molecule is CC(C)OCCCN1Cc2c(ccc3ccccc23)C1CN. The van der Waals surface area contributed by atoms with Crippen LogP contribution in [-0.4, -0.2) is 30.7 Å². The minimum atomic E-state index is 0.310. The van der Waals surface area contributed by atoms with Gasteiger partial charge in [-0.1, -0.05) is 36.4 Å². The zero-order valence-electron chi connectivity index (χ0n) is 13.6.